The van der Waals surface area contributed by atoms with Crippen LogP contribution in [-0.4, -0.2) is 18.1 Å². The van der Waals surface area contributed by atoms with E-state index in [4.69, 9.17) is 10.7 Å². The number of rotatable bonds is 3. The summed E-state index contributed by atoms with van der Waals surface area (Å²) in [4.78, 5) is 3.67. The first-order valence-electron chi connectivity index (χ1n) is 4.47. The van der Waals surface area contributed by atoms with Crippen molar-refractivity contribution < 1.29 is 12.8 Å². The lowest BCUT2D eigenvalue weighted by atomic mass is 10.1. The van der Waals surface area contributed by atoms with E-state index in [0.717, 1.165) is 6.20 Å². The molecular formula is C9H9ClFNO2S. The number of hydrogen-bond acceptors (Lipinski definition) is 3. The van der Waals surface area contributed by atoms with Crippen LogP contribution >= 0.6 is 10.7 Å². The molecule has 0 aromatic carbocycles. The summed E-state index contributed by atoms with van der Waals surface area (Å²) in [7, 11) is 1.75. The number of halogens is 2. The molecule has 0 amide bonds. The van der Waals surface area contributed by atoms with Crippen molar-refractivity contribution >= 4 is 19.7 Å². The van der Waals surface area contributed by atoms with Gasteiger partial charge in [-0.15, -0.1) is 0 Å². The molecule has 2 rings (SSSR count). The van der Waals surface area contributed by atoms with Crippen LogP contribution in [0.2, 0.25) is 0 Å². The molecule has 1 heterocycles. The summed E-state index contributed by atoms with van der Waals surface area (Å²) in [5.74, 6) is -0.463. The van der Waals surface area contributed by atoms with Gasteiger partial charge in [0.05, 0.1) is 10.9 Å². The second-order valence-corrected chi connectivity index (χ2v) is 6.77. The summed E-state index contributed by atoms with van der Waals surface area (Å²) in [5, 5.41) is 0. The van der Waals surface area contributed by atoms with Gasteiger partial charge < -0.3 is 0 Å². The zero-order chi connectivity index (χ0) is 11.1. The first-order chi connectivity index (χ1) is 6.93. The van der Waals surface area contributed by atoms with Crippen LogP contribution in [0.3, 0.4) is 0 Å². The van der Waals surface area contributed by atoms with Gasteiger partial charge >= 0.3 is 0 Å². The maximum atomic E-state index is 12.8. The Morgan fingerprint density at radius 1 is 1.47 bits per heavy atom. The molecule has 3 nitrogen and oxygen atoms in total. The number of aromatic nitrogens is 1. The highest BCUT2D eigenvalue weighted by atomic mass is 35.7. The molecule has 1 aliphatic carbocycles. The normalized spacial score (nSPS) is 18.8. The number of nitrogens with zero attached hydrogens (tertiary/aromatic N) is 1. The summed E-state index contributed by atoms with van der Waals surface area (Å²) in [6.45, 7) is 0. The SMILES string of the molecule is O=S(=O)(Cl)C1(Cc2cncc(F)c2)CC1. The molecule has 82 valence electrons. The van der Waals surface area contributed by atoms with Gasteiger partial charge in [0.1, 0.15) is 5.82 Å². The van der Waals surface area contributed by atoms with Crippen molar-refractivity contribution in [2.45, 2.75) is 24.0 Å². The van der Waals surface area contributed by atoms with Crippen molar-refractivity contribution in [3.05, 3.63) is 29.8 Å². The van der Waals surface area contributed by atoms with E-state index in [2.05, 4.69) is 4.98 Å². The first kappa shape index (κ1) is 10.8. The Bertz CT molecular complexity index is 485. The van der Waals surface area contributed by atoms with Crippen LogP contribution in [0, 0.1) is 5.82 Å². The molecule has 0 unspecified atom stereocenters. The standard InChI is InChI=1S/C9H9ClFNO2S/c10-15(13,14)9(1-2-9)4-7-3-8(11)6-12-5-7/h3,5-6H,1-2,4H2. The van der Waals surface area contributed by atoms with E-state index in [-0.39, 0.29) is 6.42 Å². The highest BCUT2D eigenvalue weighted by molar-refractivity contribution is 8.15. The van der Waals surface area contributed by atoms with Crippen LogP contribution in [0.25, 0.3) is 0 Å². The molecule has 1 fully saturated rings. The van der Waals surface area contributed by atoms with Gasteiger partial charge in [-0.1, -0.05) is 0 Å². The lowest BCUT2D eigenvalue weighted by Gasteiger charge is -2.10. The van der Waals surface area contributed by atoms with Crippen LogP contribution in [-0.2, 0) is 15.5 Å². The second-order valence-electron chi connectivity index (χ2n) is 3.81. The topological polar surface area (TPSA) is 47.0 Å². The van der Waals surface area contributed by atoms with E-state index < -0.39 is 19.6 Å². The minimum Gasteiger partial charge on any atom is -0.261 e. The minimum absolute atomic E-state index is 0.240. The summed E-state index contributed by atoms with van der Waals surface area (Å²) >= 11 is 0. The molecule has 1 saturated carbocycles. The fraction of sp³-hybridized carbons (Fsp3) is 0.444. The predicted molar refractivity (Wildman–Crippen MR) is 54.6 cm³/mol. The quantitative estimate of drug-likeness (QED) is 0.769. The fourth-order valence-electron chi connectivity index (χ4n) is 1.57. The number of pyridine rings is 1. The maximum absolute atomic E-state index is 12.8. The molecule has 1 aromatic heterocycles. The van der Waals surface area contributed by atoms with E-state index in [1.807, 2.05) is 0 Å². The van der Waals surface area contributed by atoms with Crippen molar-refractivity contribution in [1.29, 1.82) is 0 Å². The zero-order valence-electron chi connectivity index (χ0n) is 7.78. The largest absolute Gasteiger partial charge is 0.261 e. The molecule has 0 N–H and O–H groups in total. The molecule has 6 heteroatoms. The van der Waals surface area contributed by atoms with E-state index in [1.54, 1.807) is 0 Å². The summed E-state index contributed by atoms with van der Waals surface area (Å²) in [6.07, 6.45) is 3.86. The Labute approximate surface area is 91.7 Å². The molecule has 0 saturated heterocycles. The van der Waals surface area contributed by atoms with Crippen LogP contribution in [0.5, 0.6) is 0 Å². The molecule has 0 bridgehead atoms. The number of hydrogen-bond donors (Lipinski definition) is 0. The highest BCUT2D eigenvalue weighted by Gasteiger charge is 2.53. The molecule has 1 aromatic rings. The van der Waals surface area contributed by atoms with E-state index >= 15 is 0 Å². The van der Waals surface area contributed by atoms with E-state index in [1.165, 1.54) is 12.3 Å². The Hall–Kier alpha value is -0.680. The van der Waals surface area contributed by atoms with Gasteiger partial charge in [0, 0.05) is 16.9 Å². The van der Waals surface area contributed by atoms with Crippen molar-refractivity contribution in [2.24, 2.45) is 0 Å². The third-order valence-corrected chi connectivity index (χ3v) is 5.18. The van der Waals surface area contributed by atoms with Crippen LogP contribution in [0.1, 0.15) is 18.4 Å². The van der Waals surface area contributed by atoms with Gasteiger partial charge in [-0.05, 0) is 30.9 Å². The van der Waals surface area contributed by atoms with Crippen molar-refractivity contribution in [1.82, 2.24) is 4.98 Å². The molecule has 0 atom stereocenters. The van der Waals surface area contributed by atoms with Crippen molar-refractivity contribution in [3.8, 4) is 0 Å². The van der Waals surface area contributed by atoms with Gasteiger partial charge in [0.2, 0.25) is 9.05 Å². The third-order valence-electron chi connectivity index (χ3n) is 2.61. The second kappa shape index (κ2) is 3.42. The molecule has 0 aliphatic heterocycles. The Kier molecular flexibility index (Phi) is 2.47. The monoisotopic (exact) mass is 249 g/mol. The smallest absolute Gasteiger partial charge is 0.238 e. The predicted octanol–water partition coefficient (Wildman–Crippen LogP) is 1.86. The minimum atomic E-state index is -3.58. The molecule has 0 spiro atoms. The molecule has 1 aliphatic rings. The van der Waals surface area contributed by atoms with Crippen molar-refractivity contribution in [2.75, 3.05) is 0 Å². The maximum Gasteiger partial charge on any atom is 0.238 e. The summed E-state index contributed by atoms with van der Waals surface area (Å²) in [5.41, 5.74) is 0.566. The fourth-order valence-corrected chi connectivity index (χ4v) is 3.13. The lowest BCUT2D eigenvalue weighted by Crippen LogP contribution is -2.21. The molecular weight excluding hydrogens is 241 g/mol. The van der Waals surface area contributed by atoms with Crippen molar-refractivity contribution in [3.63, 3.8) is 0 Å². The summed E-state index contributed by atoms with van der Waals surface area (Å²) in [6, 6.07) is 1.29. The Balaban J connectivity index is 2.24. The van der Waals surface area contributed by atoms with Crippen LogP contribution in [0.4, 0.5) is 4.39 Å². The third kappa shape index (κ3) is 2.13. The Morgan fingerprint density at radius 2 is 2.13 bits per heavy atom. The van der Waals surface area contributed by atoms with Gasteiger partial charge in [-0.3, -0.25) is 4.98 Å². The van der Waals surface area contributed by atoms with E-state index in [9.17, 15) is 12.8 Å². The van der Waals surface area contributed by atoms with Gasteiger partial charge in [0.25, 0.3) is 0 Å². The average Bonchev–Trinajstić information content (AvgIpc) is 2.84. The van der Waals surface area contributed by atoms with Crippen LogP contribution in [0.15, 0.2) is 18.5 Å². The first-order valence-corrected chi connectivity index (χ1v) is 6.78. The van der Waals surface area contributed by atoms with Gasteiger partial charge in [-0.25, -0.2) is 12.8 Å². The molecule has 0 radical (unpaired) electrons. The van der Waals surface area contributed by atoms with E-state index in [0.29, 0.717) is 18.4 Å². The van der Waals surface area contributed by atoms with Gasteiger partial charge in [0.15, 0.2) is 0 Å². The average molecular weight is 250 g/mol. The lowest BCUT2D eigenvalue weighted by molar-refractivity contribution is 0.587. The zero-order valence-corrected chi connectivity index (χ0v) is 9.35. The Morgan fingerprint density at radius 3 is 2.60 bits per heavy atom. The van der Waals surface area contributed by atoms with Crippen LogP contribution < -0.4 is 0 Å². The highest BCUT2D eigenvalue weighted by Crippen LogP contribution is 2.47. The molecule has 15 heavy (non-hydrogen) atoms. The van der Waals surface area contributed by atoms with Gasteiger partial charge in [-0.2, -0.15) is 0 Å². The summed E-state index contributed by atoms with van der Waals surface area (Å²) < 4.78 is 34.4.